The molecule has 0 spiro atoms. The number of hydrogen-bond acceptors (Lipinski definition) is 3. The number of carbonyl (C=O) groups is 1. The van der Waals surface area contributed by atoms with Gasteiger partial charge in [0.15, 0.2) is 0 Å². The van der Waals surface area contributed by atoms with Crippen molar-refractivity contribution in [3.63, 3.8) is 0 Å². The second-order valence-electron chi connectivity index (χ2n) is 7.41. The van der Waals surface area contributed by atoms with Gasteiger partial charge in [-0.1, -0.05) is 0 Å². The summed E-state index contributed by atoms with van der Waals surface area (Å²) in [7, 11) is 3.75. The zero-order valence-electron chi connectivity index (χ0n) is 12.8. The summed E-state index contributed by atoms with van der Waals surface area (Å²) in [5, 5.41) is 4.10. The Bertz CT molecular complexity index is 531. The Morgan fingerprint density at radius 2 is 1.81 bits per heavy atom. The Labute approximate surface area is 125 Å². The summed E-state index contributed by atoms with van der Waals surface area (Å²) >= 11 is 0. The van der Waals surface area contributed by atoms with Crippen LogP contribution >= 0.6 is 0 Å². The number of nitrogens with zero attached hydrogens (tertiary/aromatic N) is 3. The van der Waals surface area contributed by atoms with Crippen molar-refractivity contribution >= 4 is 11.6 Å². The van der Waals surface area contributed by atoms with E-state index in [1.165, 1.54) is 32.1 Å². The van der Waals surface area contributed by atoms with Crippen LogP contribution in [0.5, 0.6) is 0 Å². The number of hydrogen-bond donors (Lipinski definition) is 1. The summed E-state index contributed by atoms with van der Waals surface area (Å²) < 4.78 is 1.60. The van der Waals surface area contributed by atoms with Gasteiger partial charge >= 0.3 is 0 Å². The molecule has 1 aromatic heterocycles. The van der Waals surface area contributed by atoms with Crippen molar-refractivity contribution in [3.05, 3.63) is 11.9 Å². The second-order valence-corrected chi connectivity index (χ2v) is 7.41. The standard InChI is InChI=1S/C16H24N4O/c1-19(16(21)15-13(17)8-18-20(15)2)14-11-4-9-3-10(6-11)7-12(14)5-9/h8-12,14H,3-7,17H2,1-2H3. The molecule has 0 unspecified atom stereocenters. The number of anilines is 1. The third kappa shape index (κ3) is 1.89. The van der Waals surface area contributed by atoms with E-state index in [9.17, 15) is 4.79 Å². The first-order valence-electron chi connectivity index (χ1n) is 8.09. The fourth-order valence-electron chi connectivity index (χ4n) is 5.55. The predicted octanol–water partition coefficient (Wildman–Crippen LogP) is 1.90. The predicted molar refractivity (Wildman–Crippen MR) is 80.5 cm³/mol. The van der Waals surface area contributed by atoms with Gasteiger partial charge in [0.2, 0.25) is 0 Å². The fourth-order valence-corrected chi connectivity index (χ4v) is 5.55. The van der Waals surface area contributed by atoms with Gasteiger partial charge in [-0.2, -0.15) is 5.10 Å². The Morgan fingerprint density at radius 1 is 1.24 bits per heavy atom. The summed E-state index contributed by atoms with van der Waals surface area (Å²) in [4.78, 5) is 14.8. The molecule has 5 heteroatoms. The number of carbonyl (C=O) groups excluding carboxylic acids is 1. The van der Waals surface area contributed by atoms with Crippen molar-refractivity contribution in [2.24, 2.45) is 30.7 Å². The van der Waals surface area contributed by atoms with Crippen molar-refractivity contribution in [2.45, 2.75) is 38.1 Å². The number of aromatic nitrogens is 2. The SMILES string of the molecule is CN(C(=O)c1c(N)cnn1C)C1C2CC3CC(C2)CC1C3. The first kappa shape index (κ1) is 13.2. The minimum Gasteiger partial charge on any atom is -0.396 e. The van der Waals surface area contributed by atoms with Crippen molar-refractivity contribution in [3.8, 4) is 0 Å². The van der Waals surface area contributed by atoms with E-state index in [-0.39, 0.29) is 5.91 Å². The van der Waals surface area contributed by atoms with Crippen LogP contribution in [-0.2, 0) is 7.05 Å². The minimum atomic E-state index is 0.0324. The van der Waals surface area contributed by atoms with Gasteiger partial charge in [0, 0.05) is 20.1 Å². The zero-order valence-corrected chi connectivity index (χ0v) is 12.8. The first-order valence-corrected chi connectivity index (χ1v) is 8.09. The Hall–Kier alpha value is -1.52. The Kier molecular flexibility index (Phi) is 2.81. The van der Waals surface area contributed by atoms with Gasteiger partial charge in [0.05, 0.1) is 11.9 Å². The van der Waals surface area contributed by atoms with Gasteiger partial charge in [-0.15, -0.1) is 0 Å². The summed E-state index contributed by atoms with van der Waals surface area (Å²) in [6.07, 6.45) is 8.27. The van der Waals surface area contributed by atoms with E-state index in [1.807, 2.05) is 11.9 Å². The summed E-state index contributed by atoms with van der Waals surface area (Å²) in [5.41, 5.74) is 6.94. The van der Waals surface area contributed by atoms with Gasteiger partial charge in [-0.25, -0.2) is 0 Å². The highest BCUT2D eigenvalue weighted by Gasteiger charge is 2.50. The first-order chi connectivity index (χ1) is 10.0. The van der Waals surface area contributed by atoms with Crippen LogP contribution in [0, 0.1) is 23.7 Å². The number of amides is 1. The summed E-state index contributed by atoms with van der Waals surface area (Å²) in [6.45, 7) is 0. The molecule has 4 aliphatic carbocycles. The smallest absolute Gasteiger partial charge is 0.274 e. The molecule has 1 amide bonds. The average Bonchev–Trinajstić information content (AvgIpc) is 2.76. The molecule has 4 bridgehead atoms. The average molecular weight is 288 g/mol. The van der Waals surface area contributed by atoms with Crippen LogP contribution in [0.3, 0.4) is 0 Å². The van der Waals surface area contributed by atoms with E-state index in [4.69, 9.17) is 5.73 Å². The Balaban J connectivity index is 1.60. The van der Waals surface area contributed by atoms with Gasteiger partial charge in [-0.3, -0.25) is 9.48 Å². The molecule has 5 nitrogen and oxygen atoms in total. The quantitative estimate of drug-likeness (QED) is 0.904. The number of aryl methyl sites for hydroxylation is 1. The van der Waals surface area contributed by atoms with Crippen molar-refractivity contribution < 1.29 is 4.79 Å². The van der Waals surface area contributed by atoms with E-state index >= 15 is 0 Å². The van der Waals surface area contributed by atoms with Crippen LogP contribution in [-0.4, -0.2) is 33.7 Å². The second kappa shape index (κ2) is 4.49. The molecule has 21 heavy (non-hydrogen) atoms. The van der Waals surface area contributed by atoms with E-state index in [2.05, 4.69) is 5.10 Å². The highest BCUT2D eigenvalue weighted by atomic mass is 16.2. The normalized spacial score (nSPS) is 37.0. The van der Waals surface area contributed by atoms with E-state index in [1.54, 1.807) is 17.9 Å². The van der Waals surface area contributed by atoms with Crippen LogP contribution in [0.2, 0.25) is 0 Å². The molecule has 0 atom stereocenters. The van der Waals surface area contributed by atoms with Gasteiger partial charge < -0.3 is 10.6 Å². The lowest BCUT2D eigenvalue weighted by atomic mass is 9.54. The molecule has 0 aliphatic heterocycles. The van der Waals surface area contributed by atoms with Gasteiger partial charge in [0.25, 0.3) is 5.91 Å². The number of rotatable bonds is 2. The maximum absolute atomic E-state index is 12.9. The molecule has 4 saturated carbocycles. The molecule has 5 rings (SSSR count). The highest BCUT2D eigenvalue weighted by Crippen LogP contribution is 2.55. The molecule has 1 aromatic rings. The number of nitrogen functional groups attached to an aromatic ring is 1. The van der Waals surface area contributed by atoms with Crippen LogP contribution in [0.4, 0.5) is 5.69 Å². The van der Waals surface area contributed by atoms with Gasteiger partial charge in [-0.05, 0) is 55.8 Å². The van der Waals surface area contributed by atoms with Crippen LogP contribution < -0.4 is 5.73 Å². The molecule has 1 heterocycles. The van der Waals surface area contributed by atoms with E-state index < -0.39 is 0 Å². The molecular weight excluding hydrogens is 264 g/mol. The lowest BCUT2D eigenvalue weighted by Gasteiger charge is -2.56. The van der Waals surface area contributed by atoms with Crippen molar-refractivity contribution in [2.75, 3.05) is 12.8 Å². The van der Waals surface area contributed by atoms with E-state index in [0.29, 0.717) is 29.3 Å². The Morgan fingerprint density at radius 3 is 2.29 bits per heavy atom. The molecule has 0 saturated heterocycles. The number of nitrogens with two attached hydrogens (primary N) is 1. The fraction of sp³-hybridized carbons (Fsp3) is 0.750. The monoisotopic (exact) mass is 288 g/mol. The lowest BCUT2D eigenvalue weighted by Crippen LogP contribution is -2.56. The van der Waals surface area contributed by atoms with Crippen molar-refractivity contribution in [1.82, 2.24) is 14.7 Å². The zero-order chi connectivity index (χ0) is 14.7. The third-order valence-corrected chi connectivity index (χ3v) is 6.11. The van der Waals surface area contributed by atoms with Crippen LogP contribution in [0.15, 0.2) is 6.20 Å². The molecule has 0 radical (unpaired) electrons. The molecular formula is C16H24N4O. The largest absolute Gasteiger partial charge is 0.396 e. The molecule has 2 N–H and O–H groups in total. The van der Waals surface area contributed by atoms with Gasteiger partial charge in [0.1, 0.15) is 5.69 Å². The molecule has 4 aliphatic rings. The summed E-state index contributed by atoms with van der Waals surface area (Å²) in [6, 6.07) is 0.402. The van der Waals surface area contributed by atoms with Crippen LogP contribution in [0.25, 0.3) is 0 Å². The maximum atomic E-state index is 12.9. The van der Waals surface area contributed by atoms with E-state index in [0.717, 1.165) is 11.8 Å². The van der Waals surface area contributed by atoms with Crippen molar-refractivity contribution in [1.29, 1.82) is 0 Å². The maximum Gasteiger partial charge on any atom is 0.274 e. The minimum absolute atomic E-state index is 0.0324. The molecule has 0 aromatic carbocycles. The third-order valence-electron chi connectivity index (χ3n) is 6.11. The topological polar surface area (TPSA) is 64.2 Å². The molecule has 4 fully saturated rings. The lowest BCUT2D eigenvalue weighted by molar-refractivity contribution is -0.0493. The summed E-state index contributed by atoms with van der Waals surface area (Å²) in [5.74, 6) is 3.28. The molecule has 114 valence electrons. The highest BCUT2D eigenvalue weighted by molar-refractivity contribution is 5.97. The van der Waals surface area contributed by atoms with Crippen LogP contribution in [0.1, 0.15) is 42.6 Å².